The van der Waals surface area contributed by atoms with Gasteiger partial charge < -0.3 is 10.4 Å². The zero-order chi connectivity index (χ0) is 14.4. The number of hydrogen-bond acceptors (Lipinski definition) is 4. The Kier molecular flexibility index (Phi) is 5.49. The normalized spacial score (nSPS) is 10.4. The molecule has 0 saturated heterocycles. The van der Waals surface area contributed by atoms with Gasteiger partial charge in [0.25, 0.3) is 0 Å². The number of carbonyl (C=O) groups is 1. The Balaban J connectivity index is 1.98. The van der Waals surface area contributed by atoms with Crippen LogP contribution in [0.1, 0.15) is 16.7 Å². The lowest BCUT2D eigenvalue weighted by Crippen LogP contribution is -1.99. The monoisotopic (exact) mass is 307 g/mol. The summed E-state index contributed by atoms with van der Waals surface area (Å²) in [6.07, 6.45) is 0.104. The first-order valence-electron chi connectivity index (χ1n) is 6.44. The van der Waals surface area contributed by atoms with Crippen molar-refractivity contribution < 1.29 is 9.90 Å². The van der Waals surface area contributed by atoms with Crippen LogP contribution < -0.4 is 5.32 Å². The Morgan fingerprint density at radius 1 is 1.25 bits per heavy atom. The molecule has 1 aromatic heterocycles. The maximum Gasteiger partial charge on any atom is 0.308 e. The minimum Gasteiger partial charge on any atom is -0.481 e. The Hall–Kier alpha value is -1.46. The van der Waals surface area contributed by atoms with E-state index < -0.39 is 5.97 Å². The third kappa shape index (κ3) is 4.28. The van der Waals surface area contributed by atoms with E-state index in [-0.39, 0.29) is 6.42 Å². The topological polar surface area (TPSA) is 49.3 Å². The van der Waals surface area contributed by atoms with E-state index in [1.165, 1.54) is 4.90 Å². The number of thiophene rings is 1. The lowest BCUT2D eigenvalue weighted by molar-refractivity contribution is -0.136. The number of hydrogen-bond donors (Lipinski definition) is 2. The molecule has 2 rings (SSSR count). The first kappa shape index (κ1) is 14.9. The molecule has 5 heteroatoms. The molecular formula is C15H17NO2S2. The van der Waals surface area contributed by atoms with Crippen LogP contribution in [-0.4, -0.2) is 16.8 Å². The molecule has 0 aliphatic heterocycles. The van der Waals surface area contributed by atoms with Gasteiger partial charge in [0, 0.05) is 26.9 Å². The first-order chi connectivity index (χ1) is 9.69. The molecule has 0 aliphatic carbocycles. The molecule has 0 fully saturated rings. The Bertz CT molecular complexity index is 581. The van der Waals surface area contributed by atoms with E-state index in [0.29, 0.717) is 0 Å². The van der Waals surface area contributed by atoms with Crippen molar-refractivity contribution in [3.8, 4) is 0 Å². The lowest BCUT2D eigenvalue weighted by Gasteiger charge is -2.10. The standard InChI is InChI=1S/C15H17NO2S2/c1-2-19-14-6-4-3-5-13(14)16-10-12-8-7-11(20-12)9-15(17)18/h3-8,16H,2,9-10H2,1H3,(H,17,18). The highest BCUT2D eigenvalue weighted by Crippen LogP contribution is 2.27. The average Bonchev–Trinajstić information content (AvgIpc) is 2.85. The highest BCUT2D eigenvalue weighted by molar-refractivity contribution is 7.99. The summed E-state index contributed by atoms with van der Waals surface area (Å²) in [5.74, 6) is 0.261. The van der Waals surface area contributed by atoms with Crippen molar-refractivity contribution in [1.29, 1.82) is 0 Å². The number of benzene rings is 1. The number of carboxylic acids is 1. The fraction of sp³-hybridized carbons (Fsp3) is 0.267. The largest absolute Gasteiger partial charge is 0.481 e. The van der Waals surface area contributed by atoms with Crippen LogP contribution in [0.15, 0.2) is 41.3 Å². The number of carboxylic acid groups (broad SMARTS) is 1. The molecule has 0 aliphatic rings. The zero-order valence-electron chi connectivity index (χ0n) is 11.3. The Labute approximate surface area is 127 Å². The van der Waals surface area contributed by atoms with Gasteiger partial charge in [-0.1, -0.05) is 19.1 Å². The molecule has 2 N–H and O–H groups in total. The van der Waals surface area contributed by atoms with Crippen molar-refractivity contribution in [3.63, 3.8) is 0 Å². The Morgan fingerprint density at radius 2 is 2.00 bits per heavy atom. The predicted molar refractivity (Wildman–Crippen MR) is 85.8 cm³/mol. The molecule has 0 atom stereocenters. The molecule has 20 heavy (non-hydrogen) atoms. The van der Waals surface area contributed by atoms with Gasteiger partial charge in [0.1, 0.15) is 0 Å². The SMILES string of the molecule is CCSc1ccccc1NCc1ccc(CC(=O)O)s1. The minimum absolute atomic E-state index is 0.104. The van der Waals surface area contributed by atoms with Gasteiger partial charge in [-0.2, -0.15) is 0 Å². The number of para-hydroxylation sites is 1. The molecule has 1 aromatic carbocycles. The summed E-state index contributed by atoms with van der Waals surface area (Å²) in [7, 11) is 0. The summed E-state index contributed by atoms with van der Waals surface area (Å²) in [6.45, 7) is 2.87. The number of anilines is 1. The summed E-state index contributed by atoms with van der Waals surface area (Å²) >= 11 is 3.36. The molecule has 106 valence electrons. The molecular weight excluding hydrogens is 290 g/mol. The van der Waals surface area contributed by atoms with E-state index in [0.717, 1.165) is 27.7 Å². The van der Waals surface area contributed by atoms with Crippen LogP contribution in [0.5, 0.6) is 0 Å². The van der Waals surface area contributed by atoms with E-state index in [9.17, 15) is 4.79 Å². The van der Waals surface area contributed by atoms with Gasteiger partial charge in [0.15, 0.2) is 0 Å². The maximum absolute atomic E-state index is 10.7. The van der Waals surface area contributed by atoms with Gasteiger partial charge in [-0.3, -0.25) is 4.79 Å². The highest BCUT2D eigenvalue weighted by atomic mass is 32.2. The van der Waals surface area contributed by atoms with Crippen LogP contribution in [0.4, 0.5) is 5.69 Å². The summed E-state index contributed by atoms with van der Waals surface area (Å²) in [5.41, 5.74) is 1.13. The number of rotatable bonds is 7. The lowest BCUT2D eigenvalue weighted by atomic mass is 10.3. The van der Waals surface area contributed by atoms with E-state index in [1.807, 2.05) is 36.0 Å². The van der Waals surface area contributed by atoms with Crippen molar-refractivity contribution in [2.24, 2.45) is 0 Å². The average molecular weight is 307 g/mol. The van der Waals surface area contributed by atoms with Crippen LogP contribution in [0.25, 0.3) is 0 Å². The predicted octanol–water partition coefficient (Wildman–Crippen LogP) is 4.10. The van der Waals surface area contributed by atoms with E-state index >= 15 is 0 Å². The van der Waals surface area contributed by atoms with Crippen molar-refractivity contribution in [3.05, 3.63) is 46.2 Å². The quantitative estimate of drug-likeness (QED) is 0.756. The van der Waals surface area contributed by atoms with Crippen molar-refractivity contribution >= 4 is 34.8 Å². The molecule has 0 amide bonds. The van der Waals surface area contributed by atoms with Crippen molar-refractivity contribution in [1.82, 2.24) is 0 Å². The smallest absolute Gasteiger partial charge is 0.308 e. The molecule has 2 aromatic rings. The van der Waals surface area contributed by atoms with E-state index in [2.05, 4.69) is 24.4 Å². The van der Waals surface area contributed by atoms with Gasteiger partial charge in [-0.05, 0) is 30.0 Å². The highest BCUT2D eigenvalue weighted by Gasteiger charge is 2.06. The first-order valence-corrected chi connectivity index (χ1v) is 8.24. The zero-order valence-corrected chi connectivity index (χ0v) is 12.9. The summed E-state index contributed by atoms with van der Waals surface area (Å²) in [6, 6.07) is 12.1. The maximum atomic E-state index is 10.7. The third-order valence-corrected chi connectivity index (χ3v) is 4.72. The van der Waals surface area contributed by atoms with Gasteiger partial charge in [-0.25, -0.2) is 0 Å². The van der Waals surface area contributed by atoms with E-state index in [1.54, 1.807) is 11.3 Å². The Morgan fingerprint density at radius 3 is 2.75 bits per heavy atom. The molecule has 0 saturated carbocycles. The summed E-state index contributed by atoms with van der Waals surface area (Å²) < 4.78 is 0. The van der Waals surface area contributed by atoms with Crippen LogP contribution >= 0.6 is 23.1 Å². The second kappa shape index (κ2) is 7.36. The molecule has 0 radical (unpaired) electrons. The molecule has 0 bridgehead atoms. The van der Waals surface area contributed by atoms with Crippen LogP contribution in [0.3, 0.4) is 0 Å². The van der Waals surface area contributed by atoms with Gasteiger partial charge in [0.05, 0.1) is 6.42 Å². The van der Waals surface area contributed by atoms with E-state index in [4.69, 9.17) is 5.11 Å². The molecule has 0 unspecified atom stereocenters. The number of aliphatic carboxylic acids is 1. The second-order valence-electron chi connectivity index (χ2n) is 4.22. The van der Waals surface area contributed by atoms with Crippen LogP contribution in [-0.2, 0) is 17.8 Å². The number of nitrogens with one attached hydrogen (secondary N) is 1. The third-order valence-electron chi connectivity index (χ3n) is 2.68. The molecule has 3 nitrogen and oxygen atoms in total. The molecule has 1 heterocycles. The van der Waals surface area contributed by atoms with Gasteiger partial charge in [-0.15, -0.1) is 23.1 Å². The molecule has 0 spiro atoms. The summed E-state index contributed by atoms with van der Waals surface area (Å²) in [4.78, 5) is 14.0. The fourth-order valence-electron chi connectivity index (χ4n) is 1.84. The fourth-order valence-corrected chi connectivity index (χ4v) is 3.57. The van der Waals surface area contributed by atoms with Gasteiger partial charge in [0.2, 0.25) is 0 Å². The van der Waals surface area contributed by atoms with Gasteiger partial charge >= 0.3 is 5.97 Å². The van der Waals surface area contributed by atoms with Crippen molar-refractivity contribution in [2.75, 3.05) is 11.1 Å². The number of thioether (sulfide) groups is 1. The van der Waals surface area contributed by atoms with Crippen molar-refractivity contribution in [2.45, 2.75) is 24.8 Å². The minimum atomic E-state index is -0.781. The van der Waals surface area contributed by atoms with Crippen LogP contribution in [0, 0.1) is 0 Å². The van der Waals surface area contributed by atoms with Crippen LogP contribution in [0.2, 0.25) is 0 Å². The second-order valence-corrected chi connectivity index (χ2v) is 6.78. The summed E-state index contributed by atoms with van der Waals surface area (Å²) in [5, 5.41) is 12.2.